The summed E-state index contributed by atoms with van der Waals surface area (Å²) < 4.78 is 0. The highest BCUT2D eigenvalue weighted by Gasteiger charge is 2.12. The summed E-state index contributed by atoms with van der Waals surface area (Å²) in [5.41, 5.74) is 6.23. The van der Waals surface area contributed by atoms with Gasteiger partial charge in [0.1, 0.15) is 10.8 Å². The van der Waals surface area contributed by atoms with Gasteiger partial charge in [-0.1, -0.05) is 18.3 Å². The molecule has 5 heteroatoms. The highest BCUT2D eigenvalue weighted by atomic mass is 32.1. The maximum absolute atomic E-state index is 5.57. The van der Waals surface area contributed by atoms with Crippen LogP contribution in [0.1, 0.15) is 33.4 Å². The minimum absolute atomic E-state index is 0.328. The minimum atomic E-state index is 0.328. The van der Waals surface area contributed by atoms with Gasteiger partial charge in [-0.2, -0.15) is 0 Å². The number of nitrogens with one attached hydrogen (secondary N) is 1. The zero-order chi connectivity index (χ0) is 14.4. The van der Waals surface area contributed by atoms with E-state index in [0.717, 1.165) is 18.9 Å². The van der Waals surface area contributed by atoms with E-state index in [-0.39, 0.29) is 0 Å². The molecule has 3 N–H and O–H groups in total. The Kier molecular flexibility index (Phi) is 6.18. The second-order valence-electron chi connectivity index (χ2n) is 5.12. The molecule has 0 amide bonds. The fraction of sp³-hybridized carbons (Fsp3) is 0.571. The Labute approximate surface area is 121 Å². The van der Waals surface area contributed by atoms with Crippen LogP contribution in [0.25, 0.3) is 0 Å². The molecular weight excluding hydrogens is 256 g/mol. The fourth-order valence-corrected chi connectivity index (χ4v) is 2.21. The number of anilines is 1. The average molecular weight is 280 g/mol. The fourth-order valence-electron chi connectivity index (χ4n) is 2.10. The van der Waals surface area contributed by atoms with Crippen LogP contribution in [0.4, 0.5) is 5.82 Å². The van der Waals surface area contributed by atoms with Crippen LogP contribution >= 0.6 is 12.2 Å². The summed E-state index contributed by atoms with van der Waals surface area (Å²) in [5, 5.41) is 3.31. The summed E-state index contributed by atoms with van der Waals surface area (Å²) in [4.78, 5) is 7.13. The van der Waals surface area contributed by atoms with E-state index in [0.29, 0.717) is 22.8 Å². The van der Waals surface area contributed by atoms with E-state index in [2.05, 4.69) is 42.9 Å². The average Bonchev–Trinajstić information content (AvgIpc) is 2.34. The van der Waals surface area contributed by atoms with E-state index in [1.54, 1.807) is 0 Å². The normalized spacial score (nSPS) is 11.3. The summed E-state index contributed by atoms with van der Waals surface area (Å²) in [6.07, 6.45) is 0. The molecule has 0 aromatic carbocycles. The van der Waals surface area contributed by atoms with Gasteiger partial charge < -0.3 is 11.1 Å². The van der Waals surface area contributed by atoms with Gasteiger partial charge in [-0.15, -0.1) is 0 Å². The molecule has 1 aromatic rings. The van der Waals surface area contributed by atoms with Gasteiger partial charge in [0.05, 0.1) is 5.69 Å². The van der Waals surface area contributed by atoms with Crippen molar-refractivity contribution in [1.29, 1.82) is 0 Å². The van der Waals surface area contributed by atoms with Crippen molar-refractivity contribution in [3.8, 4) is 0 Å². The van der Waals surface area contributed by atoms with Crippen LogP contribution in [-0.2, 0) is 0 Å². The number of rotatable bonds is 7. The first kappa shape index (κ1) is 15.9. The van der Waals surface area contributed by atoms with Crippen molar-refractivity contribution >= 4 is 23.0 Å². The van der Waals surface area contributed by atoms with Crippen molar-refractivity contribution in [2.45, 2.75) is 39.8 Å². The molecule has 4 nitrogen and oxygen atoms in total. The number of hydrogen-bond donors (Lipinski definition) is 2. The van der Waals surface area contributed by atoms with E-state index in [1.807, 2.05) is 18.2 Å². The molecule has 0 aliphatic rings. The lowest BCUT2D eigenvalue weighted by Crippen LogP contribution is -2.40. The summed E-state index contributed by atoms with van der Waals surface area (Å²) >= 11 is 4.92. The summed E-state index contributed by atoms with van der Waals surface area (Å²) in [6, 6.07) is 6.74. The second-order valence-corrected chi connectivity index (χ2v) is 5.56. The molecule has 106 valence electrons. The molecule has 0 atom stereocenters. The molecule has 0 fully saturated rings. The number of nitrogens with two attached hydrogens (primary N) is 1. The third kappa shape index (κ3) is 5.12. The van der Waals surface area contributed by atoms with Crippen LogP contribution in [0.5, 0.6) is 0 Å². The SMILES string of the molecule is CC(C)N(CCNc1cccc(C(N)=S)n1)C(C)C. The van der Waals surface area contributed by atoms with Crippen LogP contribution in [0.15, 0.2) is 18.2 Å². The van der Waals surface area contributed by atoms with Crippen molar-refractivity contribution in [2.75, 3.05) is 18.4 Å². The largest absolute Gasteiger partial charge is 0.388 e. The molecule has 19 heavy (non-hydrogen) atoms. The van der Waals surface area contributed by atoms with Gasteiger partial charge in [-0.25, -0.2) is 4.98 Å². The first-order valence-corrected chi connectivity index (χ1v) is 7.09. The lowest BCUT2D eigenvalue weighted by molar-refractivity contribution is 0.182. The molecule has 0 aliphatic carbocycles. The topological polar surface area (TPSA) is 54.2 Å². The molecule has 1 heterocycles. The third-order valence-corrected chi connectivity index (χ3v) is 3.21. The Morgan fingerprint density at radius 2 is 1.95 bits per heavy atom. The predicted molar refractivity (Wildman–Crippen MR) is 85.6 cm³/mol. The number of nitrogens with zero attached hydrogens (tertiary/aromatic N) is 2. The Bertz CT molecular complexity index is 410. The van der Waals surface area contributed by atoms with Gasteiger partial charge in [0, 0.05) is 25.2 Å². The summed E-state index contributed by atoms with van der Waals surface area (Å²) in [5.74, 6) is 0.817. The first-order chi connectivity index (χ1) is 8.91. The molecule has 1 rings (SSSR count). The molecule has 0 spiro atoms. The van der Waals surface area contributed by atoms with E-state index in [9.17, 15) is 0 Å². The highest BCUT2D eigenvalue weighted by molar-refractivity contribution is 7.80. The van der Waals surface area contributed by atoms with Gasteiger partial charge in [0.25, 0.3) is 0 Å². The zero-order valence-corrected chi connectivity index (χ0v) is 13.0. The van der Waals surface area contributed by atoms with E-state index in [1.165, 1.54) is 0 Å². The van der Waals surface area contributed by atoms with Crippen molar-refractivity contribution in [1.82, 2.24) is 9.88 Å². The molecule has 0 aliphatic heterocycles. The van der Waals surface area contributed by atoms with Crippen LogP contribution < -0.4 is 11.1 Å². The van der Waals surface area contributed by atoms with Crippen LogP contribution in [-0.4, -0.2) is 40.0 Å². The number of hydrogen-bond acceptors (Lipinski definition) is 4. The van der Waals surface area contributed by atoms with E-state index in [4.69, 9.17) is 18.0 Å². The van der Waals surface area contributed by atoms with Crippen molar-refractivity contribution < 1.29 is 0 Å². The standard InChI is InChI=1S/C14H24N4S/c1-10(2)18(11(3)4)9-8-16-13-7-5-6-12(17-13)14(15)19/h5-7,10-11H,8-9H2,1-4H3,(H2,15,19)(H,16,17). The first-order valence-electron chi connectivity index (χ1n) is 6.68. The second kappa shape index (κ2) is 7.40. The Balaban J connectivity index is 2.53. The van der Waals surface area contributed by atoms with E-state index < -0.39 is 0 Å². The molecule has 0 bridgehead atoms. The van der Waals surface area contributed by atoms with Gasteiger partial charge in [0.2, 0.25) is 0 Å². The molecular formula is C14H24N4S. The van der Waals surface area contributed by atoms with Crippen LogP contribution in [0.3, 0.4) is 0 Å². The Morgan fingerprint density at radius 3 is 2.47 bits per heavy atom. The smallest absolute Gasteiger partial charge is 0.126 e. The quantitative estimate of drug-likeness (QED) is 0.750. The van der Waals surface area contributed by atoms with Gasteiger partial charge >= 0.3 is 0 Å². The Hall–Kier alpha value is -1.20. The molecule has 0 saturated heterocycles. The number of thiocarbonyl (C=S) groups is 1. The van der Waals surface area contributed by atoms with Crippen molar-refractivity contribution in [3.05, 3.63) is 23.9 Å². The zero-order valence-electron chi connectivity index (χ0n) is 12.2. The number of aromatic nitrogens is 1. The maximum atomic E-state index is 5.57. The van der Waals surface area contributed by atoms with Gasteiger partial charge in [-0.05, 0) is 39.8 Å². The number of pyridine rings is 1. The summed E-state index contributed by atoms with van der Waals surface area (Å²) in [7, 11) is 0. The highest BCUT2D eigenvalue weighted by Crippen LogP contribution is 2.07. The maximum Gasteiger partial charge on any atom is 0.126 e. The monoisotopic (exact) mass is 280 g/mol. The van der Waals surface area contributed by atoms with Crippen molar-refractivity contribution in [2.24, 2.45) is 5.73 Å². The predicted octanol–water partition coefficient (Wildman–Crippen LogP) is 2.25. The lowest BCUT2D eigenvalue weighted by Gasteiger charge is -2.30. The lowest BCUT2D eigenvalue weighted by atomic mass is 10.2. The van der Waals surface area contributed by atoms with Gasteiger partial charge in [0.15, 0.2) is 0 Å². The van der Waals surface area contributed by atoms with E-state index >= 15 is 0 Å². The van der Waals surface area contributed by atoms with Crippen LogP contribution in [0.2, 0.25) is 0 Å². The summed E-state index contributed by atoms with van der Waals surface area (Å²) in [6.45, 7) is 10.7. The Morgan fingerprint density at radius 1 is 1.32 bits per heavy atom. The molecule has 1 aromatic heterocycles. The third-order valence-electron chi connectivity index (χ3n) is 3.00. The van der Waals surface area contributed by atoms with Crippen LogP contribution in [0, 0.1) is 0 Å². The molecule has 0 saturated carbocycles. The minimum Gasteiger partial charge on any atom is -0.388 e. The molecule has 0 unspecified atom stereocenters. The van der Waals surface area contributed by atoms with Gasteiger partial charge in [-0.3, -0.25) is 4.90 Å². The van der Waals surface area contributed by atoms with Crippen molar-refractivity contribution in [3.63, 3.8) is 0 Å². The molecule has 0 radical (unpaired) electrons.